The molecule has 9 heteroatoms. The molecule has 0 aliphatic carbocycles. The Morgan fingerprint density at radius 1 is 1.30 bits per heavy atom. The van der Waals surface area contributed by atoms with E-state index in [0.717, 1.165) is 0 Å². The van der Waals surface area contributed by atoms with Crippen molar-refractivity contribution >= 4 is 11.4 Å². The van der Waals surface area contributed by atoms with Crippen LogP contribution in [0.25, 0.3) is 16.8 Å². The zero-order chi connectivity index (χ0) is 19.3. The topological polar surface area (TPSA) is 72.5 Å². The van der Waals surface area contributed by atoms with E-state index in [1.54, 1.807) is 13.0 Å². The molecular weight excluding hydrogens is 356 g/mol. The van der Waals surface area contributed by atoms with Gasteiger partial charge >= 0.3 is 0 Å². The molecule has 0 spiro atoms. The molecule has 1 amide bonds. The van der Waals surface area contributed by atoms with Gasteiger partial charge in [-0.3, -0.25) is 14.2 Å². The molecule has 1 fully saturated rings. The molecule has 0 atom stereocenters. The standard InChI is InChI=1S/C18H17F2N5O2/c1-11-5-12(3-4-13(11)19)15-16-17(27)23(10-22-25(16)9-21-15)6-14(26)24-7-18(2,20)8-24/h3-5,9-10H,6-8H2,1-2H3. The maximum absolute atomic E-state index is 13.6. The molecule has 1 saturated heterocycles. The van der Waals surface area contributed by atoms with Gasteiger partial charge in [-0.1, -0.05) is 0 Å². The number of imidazole rings is 1. The molecule has 0 saturated carbocycles. The van der Waals surface area contributed by atoms with E-state index in [2.05, 4.69) is 10.1 Å². The summed E-state index contributed by atoms with van der Waals surface area (Å²) in [4.78, 5) is 30.7. The van der Waals surface area contributed by atoms with Crippen LogP contribution in [0, 0.1) is 12.7 Å². The van der Waals surface area contributed by atoms with Gasteiger partial charge in [0.25, 0.3) is 5.56 Å². The Balaban J connectivity index is 1.70. The maximum Gasteiger partial charge on any atom is 0.280 e. The number of nitrogens with zero attached hydrogens (tertiary/aromatic N) is 5. The van der Waals surface area contributed by atoms with E-state index < -0.39 is 11.2 Å². The smallest absolute Gasteiger partial charge is 0.280 e. The maximum atomic E-state index is 13.6. The van der Waals surface area contributed by atoms with Gasteiger partial charge in [-0.05, 0) is 37.6 Å². The first-order valence-corrected chi connectivity index (χ1v) is 8.41. The number of fused-ring (bicyclic) bond motifs is 1. The predicted octanol–water partition coefficient (Wildman–Crippen LogP) is 1.58. The van der Waals surface area contributed by atoms with Crippen LogP contribution in [0.2, 0.25) is 0 Å². The minimum atomic E-state index is -1.37. The summed E-state index contributed by atoms with van der Waals surface area (Å²) >= 11 is 0. The number of rotatable bonds is 3. The second-order valence-corrected chi connectivity index (χ2v) is 7.08. The predicted molar refractivity (Wildman–Crippen MR) is 93.5 cm³/mol. The average Bonchev–Trinajstić information content (AvgIpc) is 3.02. The summed E-state index contributed by atoms with van der Waals surface area (Å²) in [5.74, 6) is -0.699. The molecule has 0 radical (unpaired) electrons. The highest BCUT2D eigenvalue weighted by molar-refractivity contribution is 5.78. The molecule has 1 aliphatic rings. The Hall–Kier alpha value is -3.10. The van der Waals surface area contributed by atoms with Gasteiger partial charge in [0.15, 0.2) is 5.52 Å². The van der Waals surface area contributed by atoms with Crippen molar-refractivity contribution < 1.29 is 13.6 Å². The molecule has 4 rings (SSSR count). The number of amides is 1. The lowest BCUT2D eigenvalue weighted by molar-refractivity contribution is -0.144. The third-order valence-corrected chi connectivity index (χ3v) is 4.66. The Kier molecular flexibility index (Phi) is 3.83. The molecule has 1 aliphatic heterocycles. The molecule has 140 valence electrons. The lowest BCUT2D eigenvalue weighted by atomic mass is 9.99. The largest absolute Gasteiger partial charge is 0.335 e. The number of hydrogen-bond acceptors (Lipinski definition) is 4. The summed E-state index contributed by atoms with van der Waals surface area (Å²) in [6.07, 6.45) is 2.64. The van der Waals surface area contributed by atoms with Crippen LogP contribution in [-0.4, -0.2) is 48.7 Å². The molecule has 27 heavy (non-hydrogen) atoms. The molecule has 3 aromatic rings. The molecule has 0 unspecified atom stereocenters. The fourth-order valence-corrected chi connectivity index (χ4v) is 3.22. The van der Waals surface area contributed by atoms with Crippen LogP contribution >= 0.6 is 0 Å². The molecule has 7 nitrogen and oxygen atoms in total. The zero-order valence-electron chi connectivity index (χ0n) is 14.8. The summed E-state index contributed by atoms with van der Waals surface area (Å²) in [6.45, 7) is 2.86. The first-order valence-electron chi connectivity index (χ1n) is 8.41. The van der Waals surface area contributed by atoms with Crippen LogP contribution in [0.1, 0.15) is 12.5 Å². The van der Waals surface area contributed by atoms with Gasteiger partial charge in [0, 0.05) is 5.56 Å². The summed E-state index contributed by atoms with van der Waals surface area (Å²) in [5, 5.41) is 4.11. The number of aromatic nitrogens is 4. The van der Waals surface area contributed by atoms with Crippen LogP contribution in [-0.2, 0) is 11.3 Å². The monoisotopic (exact) mass is 373 g/mol. The highest BCUT2D eigenvalue weighted by Crippen LogP contribution is 2.25. The number of benzene rings is 1. The Morgan fingerprint density at radius 3 is 2.70 bits per heavy atom. The van der Waals surface area contributed by atoms with Crippen LogP contribution < -0.4 is 5.56 Å². The Morgan fingerprint density at radius 2 is 2.04 bits per heavy atom. The number of alkyl halides is 1. The number of carbonyl (C=O) groups excluding carboxylic acids is 1. The van der Waals surface area contributed by atoms with E-state index >= 15 is 0 Å². The van der Waals surface area contributed by atoms with Crippen molar-refractivity contribution in [3.63, 3.8) is 0 Å². The molecule has 3 heterocycles. The summed E-state index contributed by atoms with van der Waals surface area (Å²) < 4.78 is 29.6. The molecule has 2 aromatic heterocycles. The van der Waals surface area contributed by atoms with Crippen molar-refractivity contribution in [3.8, 4) is 11.3 Å². The molecular formula is C18H17F2N5O2. The molecule has 0 bridgehead atoms. The highest BCUT2D eigenvalue weighted by Gasteiger charge is 2.41. The van der Waals surface area contributed by atoms with Crippen molar-refractivity contribution in [2.45, 2.75) is 26.1 Å². The summed E-state index contributed by atoms with van der Waals surface area (Å²) in [6, 6.07) is 4.45. The van der Waals surface area contributed by atoms with Crippen molar-refractivity contribution in [1.82, 2.24) is 24.1 Å². The lowest BCUT2D eigenvalue weighted by Crippen LogP contribution is -2.60. The van der Waals surface area contributed by atoms with Crippen molar-refractivity contribution in [2.75, 3.05) is 13.1 Å². The van der Waals surface area contributed by atoms with E-state index in [4.69, 9.17) is 0 Å². The first-order chi connectivity index (χ1) is 12.7. The average molecular weight is 373 g/mol. The number of aryl methyl sites for hydroxylation is 1. The fraction of sp³-hybridized carbons (Fsp3) is 0.333. The second kappa shape index (κ2) is 5.97. The normalized spacial score (nSPS) is 15.8. The quantitative estimate of drug-likeness (QED) is 0.699. The van der Waals surface area contributed by atoms with Crippen LogP contribution in [0.3, 0.4) is 0 Å². The first kappa shape index (κ1) is 17.3. The van der Waals surface area contributed by atoms with Crippen LogP contribution in [0.15, 0.2) is 35.6 Å². The van der Waals surface area contributed by atoms with Gasteiger partial charge in [-0.15, -0.1) is 0 Å². The lowest BCUT2D eigenvalue weighted by Gasteiger charge is -2.42. The van der Waals surface area contributed by atoms with Gasteiger partial charge in [0.05, 0.1) is 13.1 Å². The number of likely N-dealkylation sites (tertiary alicyclic amines) is 1. The van der Waals surface area contributed by atoms with Crippen molar-refractivity contribution in [2.24, 2.45) is 0 Å². The minimum absolute atomic E-state index is 0.0169. The van der Waals surface area contributed by atoms with Crippen LogP contribution in [0.4, 0.5) is 8.78 Å². The SMILES string of the molecule is Cc1cc(-c2ncn3ncn(CC(=O)N4CC(C)(F)C4)c(=O)c23)ccc1F. The van der Waals surface area contributed by atoms with Gasteiger partial charge in [0.1, 0.15) is 36.4 Å². The number of halogens is 2. The Bertz CT molecular complexity index is 1110. The van der Waals surface area contributed by atoms with E-state index in [1.165, 1.54) is 45.7 Å². The number of hydrogen-bond donors (Lipinski definition) is 0. The summed E-state index contributed by atoms with van der Waals surface area (Å²) in [7, 11) is 0. The van der Waals surface area contributed by atoms with Crippen molar-refractivity contribution in [1.29, 1.82) is 0 Å². The summed E-state index contributed by atoms with van der Waals surface area (Å²) in [5.41, 5.74) is -0.262. The zero-order valence-corrected chi connectivity index (χ0v) is 14.8. The minimum Gasteiger partial charge on any atom is -0.335 e. The van der Waals surface area contributed by atoms with E-state index in [1.807, 2.05) is 0 Å². The van der Waals surface area contributed by atoms with E-state index in [9.17, 15) is 18.4 Å². The van der Waals surface area contributed by atoms with E-state index in [-0.39, 0.29) is 36.9 Å². The third kappa shape index (κ3) is 2.98. The number of carbonyl (C=O) groups is 1. The fourth-order valence-electron chi connectivity index (χ4n) is 3.22. The van der Waals surface area contributed by atoms with Gasteiger partial charge in [-0.25, -0.2) is 18.3 Å². The Labute approximate surface area is 152 Å². The van der Waals surface area contributed by atoms with Crippen LogP contribution in [0.5, 0.6) is 0 Å². The van der Waals surface area contributed by atoms with E-state index in [0.29, 0.717) is 16.8 Å². The van der Waals surface area contributed by atoms with Gasteiger partial charge in [0.2, 0.25) is 5.91 Å². The van der Waals surface area contributed by atoms with Gasteiger partial charge < -0.3 is 4.90 Å². The highest BCUT2D eigenvalue weighted by atomic mass is 19.1. The second-order valence-electron chi connectivity index (χ2n) is 7.08. The molecule has 1 aromatic carbocycles. The van der Waals surface area contributed by atoms with Gasteiger partial charge in [-0.2, -0.15) is 5.10 Å². The third-order valence-electron chi connectivity index (χ3n) is 4.66. The van der Waals surface area contributed by atoms with Crippen molar-refractivity contribution in [3.05, 3.63) is 52.6 Å². The molecule has 0 N–H and O–H groups in total.